The summed E-state index contributed by atoms with van der Waals surface area (Å²) in [6.45, 7) is 5.36. The Kier molecular flexibility index (Phi) is 7.57. The predicted octanol–water partition coefficient (Wildman–Crippen LogP) is 4.04. The number of piperazine rings is 1. The number of nitrogens with zero attached hydrogens (tertiary/aromatic N) is 5. The Morgan fingerprint density at radius 1 is 0.767 bits per heavy atom. The number of fused-ring (bicyclic) bond motifs is 1. The normalized spacial score (nSPS) is 13.2. The SMILES string of the molecule is Cc1nc(N2CCN(c3ccccc3)CC2)nc2c1ccc(=O)n2-c1ccc(C(=O)NCc2ccc(C(=O)O)cc2)cc1. The zero-order valence-electron chi connectivity index (χ0n) is 23.6. The molecule has 0 radical (unpaired) electrons. The van der Waals surface area contributed by atoms with Crippen LogP contribution < -0.4 is 20.7 Å². The highest BCUT2D eigenvalue weighted by molar-refractivity contribution is 5.94. The highest BCUT2D eigenvalue weighted by Gasteiger charge is 2.21. The Labute approximate surface area is 247 Å². The topological polar surface area (TPSA) is 121 Å². The van der Waals surface area contributed by atoms with Crippen molar-refractivity contribution in [3.8, 4) is 5.69 Å². The summed E-state index contributed by atoms with van der Waals surface area (Å²) in [5.41, 5.74) is 4.26. The number of carboxylic acid groups (broad SMARTS) is 1. The van der Waals surface area contributed by atoms with Gasteiger partial charge in [0.05, 0.1) is 16.9 Å². The number of pyridine rings is 1. The number of aromatic carboxylic acids is 1. The fraction of sp³-hybridized carbons (Fsp3) is 0.182. The third-order valence-corrected chi connectivity index (χ3v) is 7.65. The van der Waals surface area contributed by atoms with E-state index >= 15 is 0 Å². The maximum atomic E-state index is 13.1. The van der Waals surface area contributed by atoms with E-state index in [0.29, 0.717) is 22.8 Å². The van der Waals surface area contributed by atoms with Crippen LogP contribution in [0.5, 0.6) is 0 Å². The van der Waals surface area contributed by atoms with E-state index < -0.39 is 5.97 Å². The summed E-state index contributed by atoms with van der Waals surface area (Å²) in [7, 11) is 0. The summed E-state index contributed by atoms with van der Waals surface area (Å²) in [6, 6.07) is 26.7. The quantitative estimate of drug-likeness (QED) is 0.299. The molecule has 10 heteroatoms. The number of hydrogen-bond acceptors (Lipinski definition) is 7. The van der Waals surface area contributed by atoms with Crippen molar-refractivity contribution >= 4 is 34.5 Å². The zero-order chi connectivity index (χ0) is 29.9. The number of aromatic nitrogens is 3. The number of nitrogens with one attached hydrogen (secondary N) is 1. The average molecular weight is 575 g/mol. The summed E-state index contributed by atoms with van der Waals surface area (Å²) in [5, 5.41) is 12.7. The molecular formula is C33H30N6O4. The number of carboxylic acids is 1. The van der Waals surface area contributed by atoms with Gasteiger partial charge in [0.15, 0.2) is 5.65 Å². The zero-order valence-corrected chi connectivity index (χ0v) is 23.6. The summed E-state index contributed by atoms with van der Waals surface area (Å²) < 4.78 is 1.55. The molecule has 0 aliphatic carbocycles. The third kappa shape index (κ3) is 5.80. The molecule has 0 bridgehead atoms. The van der Waals surface area contributed by atoms with Crippen LogP contribution in [0, 0.1) is 6.92 Å². The maximum absolute atomic E-state index is 13.1. The van der Waals surface area contributed by atoms with Crippen LogP contribution in [0.4, 0.5) is 11.6 Å². The third-order valence-electron chi connectivity index (χ3n) is 7.65. The Hall–Kier alpha value is -5.51. The number of amides is 1. The molecular weight excluding hydrogens is 544 g/mol. The highest BCUT2D eigenvalue weighted by atomic mass is 16.4. The molecule has 6 rings (SSSR count). The van der Waals surface area contributed by atoms with Gasteiger partial charge in [0.1, 0.15) is 0 Å². The van der Waals surface area contributed by atoms with E-state index in [1.165, 1.54) is 23.9 Å². The van der Waals surface area contributed by atoms with Crippen LogP contribution in [0.25, 0.3) is 16.7 Å². The molecule has 10 nitrogen and oxygen atoms in total. The lowest BCUT2D eigenvalue weighted by atomic mass is 10.1. The first kappa shape index (κ1) is 27.6. The van der Waals surface area contributed by atoms with Gasteiger partial charge in [0.2, 0.25) is 5.95 Å². The Bertz CT molecular complexity index is 1850. The van der Waals surface area contributed by atoms with Gasteiger partial charge in [-0.25, -0.2) is 9.78 Å². The molecule has 1 aliphatic heterocycles. The molecule has 0 unspecified atom stereocenters. The van der Waals surface area contributed by atoms with Crippen molar-refractivity contribution in [1.29, 1.82) is 0 Å². The van der Waals surface area contributed by atoms with Crippen molar-refractivity contribution in [1.82, 2.24) is 19.9 Å². The minimum Gasteiger partial charge on any atom is -0.478 e. The first-order valence-electron chi connectivity index (χ1n) is 14.0. The van der Waals surface area contributed by atoms with Gasteiger partial charge in [-0.1, -0.05) is 30.3 Å². The standard InChI is InChI=1S/C33H30N6O4/c1-22-28-15-16-29(40)39(30(28)36-33(35-22)38-19-17-37(18-20-38)26-5-3-2-4-6-26)27-13-11-24(12-14-27)31(41)34-21-23-7-9-25(10-8-23)32(42)43/h2-16H,17-21H2,1H3,(H,34,41)(H,42,43). The minimum absolute atomic E-state index is 0.188. The monoisotopic (exact) mass is 574 g/mol. The smallest absolute Gasteiger partial charge is 0.335 e. The molecule has 3 heterocycles. The number of para-hydroxylation sites is 1. The largest absolute Gasteiger partial charge is 0.478 e. The molecule has 43 heavy (non-hydrogen) atoms. The first-order valence-corrected chi connectivity index (χ1v) is 14.0. The molecule has 1 amide bonds. The van der Waals surface area contributed by atoms with Gasteiger partial charge in [-0.2, -0.15) is 4.98 Å². The Balaban J connectivity index is 1.21. The first-order chi connectivity index (χ1) is 20.9. The van der Waals surface area contributed by atoms with Gasteiger partial charge >= 0.3 is 5.97 Å². The Morgan fingerprint density at radius 2 is 1.42 bits per heavy atom. The lowest BCUT2D eigenvalue weighted by molar-refractivity contribution is 0.0696. The molecule has 5 aromatic rings. The van der Waals surface area contributed by atoms with E-state index in [1.807, 2.05) is 25.1 Å². The number of carbonyl (C=O) groups excluding carboxylic acids is 1. The van der Waals surface area contributed by atoms with Gasteiger partial charge in [-0.05, 0) is 67.1 Å². The van der Waals surface area contributed by atoms with Crippen molar-refractivity contribution < 1.29 is 14.7 Å². The van der Waals surface area contributed by atoms with Crippen molar-refractivity contribution in [3.63, 3.8) is 0 Å². The second-order valence-electron chi connectivity index (χ2n) is 10.4. The molecule has 0 atom stereocenters. The molecule has 216 valence electrons. The van der Waals surface area contributed by atoms with Crippen molar-refractivity contribution in [2.75, 3.05) is 36.0 Å². The molecule has 1 saturated heterocycles. The van der Waals surface area contributed by atoms with Crippen molar-refractivity contribution in [2.45, 2.75) is 13.5 Å². The molecule has 3 aromatic carbocycles. The second-order valence-corrected chi connectivity index (χ2v) is 10.4. The van der Waals surface area contributed by atoms with Crippen LogP contribution in [-0.2, 0) is 6.54 Å². The number of aryl methyl sites for hydroxylation is 1. The number of hydrogen-bond donors (Lipinski definition) is 2. The van der Waals surface area contributed by atoms with E-state index in [4.69, 9.17) is 15.1 Å². The molecule has 0 spiro atoms. The summed E-state index contributed by atoms with van der Waals surface area (Å²) in [4.78, 5) is 51.1. The number of carbonyl (C=O) groups is 2. The molecule has 2 aromatic heterocycles. The molecule has 1 aliphatic rings. The van der Waals surface area contributed by atoms with Gasteiger partial charge in [0, 0.05) is 55.4 Å². The molecule has 0 saturated carbocycles. The van der Waals surface area contributed by atoms with Crippen molar-refractivity contribution in [3.05, 3.63) is 124 Å². The highest BCUT2D eigenvalue weighted by Crippen LogP contribution is 2.23. The van der Waals surface area contributed by atoms with Crippen LogP contribution >= 0.6 is 0 Å². The van der Waals surface area contributed by atoms with Gasteiger partial charge in [0.25, 0.3) is 11.5 Å². The molecule has 2 N–H and O–H groups in total. The van der Waals surface area contributed by atoms with Crippen LogP contribution in [0.1, 0.15) is 32.0 Å². The Morgan fingerprint density at radius 3 is 2.09 bits per heavy atom. The lowest BCUT2D eigenvalue weighted by Crippen LogP contribution is -2.47. The van der Waals surface area contributed by atoms with Crippen LogP contribution in [0.15, 0.2) is 95.8 Å². The van der Waals surface area contributed by atoms with Crippen molar-refractivity contribution in [2.24, 2.45) is 0 Å². The number of benzene rings is 3. The fourth-order valence-electron chi connectivity index (χ4n) is 5.26. The maximum Gasteiger partial charge on any atom is 0.335 e. The van der Waals surface area contributed by atoms with Gasteiger partial charge < -0.3 is 20.2 Å². The lowest BCUT2D eigenvalue weighted by Gasteiger charge is -2.36. The fourth-order valence-corrected chi connectivity index (χ4v) is 5.26. The van der Waals surface area contributed by atoms with Gasteiger partial charge in [-0.15, -0.1) is 0 Å². The number of rotatable bonds is 7. The molecule has 1 fully saturated rings. The van der Waals surface area contributed by atoms with Gasteiger partial charge in [-0.3, -0.25) is 14.2 Å². The summed E-state index contributed by atoms with van der Waals surface area (Å²) in [6.07, 6.45) is 0. The van der Waals surface area contributed by atoms with Crippen LogP contribution in [0.3, 0.4) is 0 Å². The predicted molar refractivity (Wildman–Crippen MR) is 165 cm³/mol. The number of anilines is 2. The second kappa shape index (κ2) is 11.8. The minimum atomic E-state index is -1.000. The summed E-state index contributed by atoms with van der Waals surface area (Å²) >= 11 is 0. The van der Waals surface area contributed by atoms with E-state index in [2.05, 4.69) is 27.2 Å². The summed E-state index contributed by atoms with van der Waals surface area (Å²) in [5.74, 6) is -0.695. The van der Waals surface area contributed by atoms with Crippen LogP contribution in [0.2, 0.25) is 0 Å². The van der Waals surface area contributed by atoms with Crippen LogP contribution in [-0.4, -0.2) is 57.7 Å². The van der Waals surface area contributed by atoms with E-state index in [9.17, 15) is 14.4 Å². The van der Waals surface area contributed by atoms with E-state index in [1.54, 1.807) is 47.0 Å². The average Bonchev–Trinajstić information content (AvgIpc) is 3.04. The van der Waals surface area contributed by atoms with E-state index in [0.717, 1.165) is 42.8 Å². The van der Waals surface area contributed by atoms with E-state index in [-0.39, 0.29) is 23.6 Å².